The third kappa shape index (κ3) is 6.40. The van der Waals surface area contributed by atoms with E-state index in [1.165, 1.54) is 7.11 Å². The predicted octanol–water partition coefficient (Wildman–Crippen LogP) is 6.18. The molecule has 5 nitrogen and oxygen atoms in total. The maximum atomic E-state index is 12.9. The van der Waals surface area contributed by atoms with Crippen LogP contribution in [0.2, 0.25) is 18.1 Å². The van der Waals surface area contributed by atoms with Crippen LogP contribution in [-0.4, -0.2) is 33.0 Å². The molecule has 0 saturated carbocycles. The normalized spacial score (nSPS) is 15.2. The summed E-state index contributed by atoms with van der Waals surface area (Å²) in [7, 11) is -0.899. The molecule has 0 aromatic heterocycles. The van der Waals surface area contributed by atoms with Crippen molar-refractivity contribution in [2.24, 2.45) is 0 Å². The third-order valence-electron chi connectivity index (χ3n) is 6.14. The van der Waals surface area contributed by atoms with Crippen LogP contribution < -0.4 is 0 Å². The molecular formula is C25H36O5Si. The van der Waals surface area contributed by atoms with Crippen LogP contribution in [0.4, 0.5) is 0 Å². The van der Waals surface area contributed by atoms with Crippen LogP contribution in [0.25, 0.3) is 10.8 Å². The Hall–Kier alpha value is -2.18. The van der Waals surface area contributed by atoms with Crippen molar-refractivity contribution in [2.45, 2.75) is 77.3 Å². The van der Waals surface area contributed by atoms with Gasteiger partial charge in [0.2, 0.25) is 0 Å². The summed E-state index contributed by atoms with van der Waals surface area (Å²) in [6.45, 7) is 14.2. The molecule has 0 N–H and O–H groups in total. The van der Waals surface area contributed by atoms with Crippen LogP contribution >= 0.6 is 0 Å². The summed E-state index contributed by atoms with van der Waals surface area (Å²) in [5.41, 5.74) is -0.0440. The minimum absolute atomic E-state index is 0.00619. The largest absolute Gasteiger partial charge is 0.469 e. The second-order valence-electron chi connectivity index (χ2n) is 9.94. The van der Waals surface area contributed by atoms with Gasteiger partial charge in [-0.2, -0.15) is 0 Å². The molecule has 0 heterocycles. The Balaban J connectivity index is 2.21. The smallest absolute Gasteiger partial charge is 0.309 e. The van der Waals surface area contributed by atoms with Crippen molar-refractivity contribution in [1.29, 1.82) is 0 Å². The van der Waals surface area contributed by atoms with Gasteiger partial charge in [0.1, 0.15) is 6.10 Å². The molecule has 0 radical (unpaired) electrons. The van der Waals surface area contributed by atoms with E-state index in [0.717, 1.165) is 16.3 Å². The molecule has 2 atom stereocenters. The Bertz CT molecular complexity index is 926. The summed E-state index contributed by atoms with van der Waals surface area (Å²) < 4.78 is 17.2. The first-order valence-corrected chi connectivity index (χ1v) is 13.6. The Morgan fingerprint density at radius 2 is 1.52 bits per heavy atom. The van der Waals surface area contributed by atoms with E-state index in [1.807, 2.05) is 49.4 Å². The number of rotatable bonds is 8. The monoisotopic (exact) mass is 444 g/mol. The summed E-state index contributed by atoms with van der Waals surface area (Å²) in [6, 6.07) is 14.0. The fourth-order valence-corrected chi connectivity index (χ4v) is 5.18. The van der Waals surface area contributed by atoms with Crippen molar-refractivity contribution < 1.29 is 23.5 Å². The standard InChI is InChI=1S/C25H36O5Si/c1-18(20-15-11-13-19-12-9-10-14-21(19)20)29-23(27)17-25(5,16-22(26)28-6)30-31(7,8)24(2,3)4/h9-15,18H,16-17H2,1-8H3/t18-,25+/m1/s1. The van der Waals surface area contributed by atoms with Gasteiger partial charge in [-0.05, 0) is 48.3 Å². The van der Waals surface area contributed by atoms with E-state index < -0.39 is 32.0 Å². The molecule has 170 valence electrons. The molecule has 0 bridgehead atoms. The molecule has 0 aliphatic rings. The van der Waals surface area contributed by atoms with Gasteiger partial charge < -0.3 is 13.9 Å². The van der Waals surface area contributed by atoms with Crippen LogP contribution in [0.5, 0.6) is 0 Å². The zero-order chi connectivity index (χ0) is 23.4. The molecule has 0 saturated heterocycles. The summed E-state index contributed by atoms with van der Waals surface area (Å²) >= 11 is 0. The van der Waals surface area contributed by atoms with Crippen molar-refractivity contribution in [3.63, 3.8) is 0 Å². The maximum Gasteiger partial charge on any atom is 0.309 e. The fraction of sp³-hybridized carbons (Fsp3) is 0.520. The zero-order valence-corrected chi connectivity index (χ0v) is 21.1. The summed E-state index contributed by atoms with van der Waals surface area (Å²) in [4.78, 5) is 25.0. The quantitative estimate of drug-likeness (QED) is 0.359. The highest BCUT2D eigenvalue weighted by Crippen LogP contribution is 2.41. The van der Waals surface area contributed by atoms with E-state index in [0.29, 0.717) is 0 Å². The van der Waals surface area contributed by atoms with Crippen molar-refractivity contribution in [3.05, 3.63) is 48.0 Å². The number of carbonyl (C=O) groups is 2. The zero-order valence-electron chi connectivity index (χ0n) is 20.1. The predicted molar refractivity (Wildman–Crippen MR) is 126 cm³/mol. The Labute approximate surface area is 187 Å². The van der Waals surface area contributed by atoms with Crippen molar-refractivity contribution in [2.75, 3.05) is 7.11 Å². The minimum Gasteiger partial charge on any atom is -0.469 e. The number of esters is 2. The molecule has 0 aliphatic heterocycles. The summed E-state index contributed by atoms with van der Waals surface area (Å²) in [6.07, 6.45) is -0.453. The number of fused-ring (bicyclic) bond motifs is 1. The van der Waals surface area contributed by atoms with Gasteiger partial charge in [0, 0.05) is 0 Å². The third-order valence-corrected chi connectivity index (χ3v) is 10.8. The lowest BCUT2D eigenvalue weighted by Gasteiger charge is -2.43. The molecule has 2 aromatic carbocycles. The number of hydrogen-bond acceptors (Lipinski definition) is 5. The van der Waals surface area contributed by atoms with Gasteiger partial charge in [-0.3, -0.25) is 9.59 Å². The first-order valence-electron chi connectivity index (χ1n) is 10.7. The van der Waals surface area contributed by atoms with E-state index in [-0.39, 0.29) is 17.9 Å². The van der Waals surface area contributed by atoms with Crippen LogP contribution in [-0.2, 0) is 23.5 Å². The maximum absolute atomic E-state index is 12.9. The second-order valence-corrected chi connectivity index (χ2v) is 14.7. The van der Waals surface area contributed by atoms with E-state index in [1.54, 1.807) is 6.92 Å². The Kier molecular flexibility index (Phi) is 7.71. The summed E-state index contributed by atoms with van der Waals surface area (Å²) in [5, 5.41) is 2.09. The van der Waals surface area contributed by atoms with Crippen molar-refractivity contribution in [3.8, 4) is 0 Å². The van der Waals surface area contributed by atoms with Gasteiger partial charge >= 0.3 is 11.9 Å². The lowest BCUT2D eigenvalue weighted by Crippen LogP contribution is -2.50. The number of ether oxygens (including phenoxy) is 2. The van der Waals surface area contributed by atoms with E-state index in [9.17, 15) is 9.59 Å². The van der Waals surface area contributed by atoms with E-state index in [2.05, 4.69) is 33.9 Å². The number of methoxy groups -OCH3 is 1. The molecule has 0 spiro atoms. The average molecular weight is 445 g/mol. The molecule has 0 aliphatic carbocycles. The van der Waals surface area contributed by atoms with Crippen molar-refractivity contribution in [1.82, 2.24) is 0 Å². The van der Waals surface area contributed by atoms with Gasteiger partial charge in [-0.25, -0.2) is 0 Å². The lowest BCUT2D eigenvalue weighted by molar-refractivity contribution is -0.155. The Morgan fingerprint density at radius 1 is 0.935 bits per heavy atom. The van der Waals surface area contributed by atoms with Crippen LogP contribution in [0.1, 0.15) is 59.1 Å². The fourth-order valence-electron chi connectivity index (χ4n) is 3.49. The van der Waals surface area contributed by atoms with Crippen LogP contribution in [0.15, 0.2) is 42.5 Å². The van der Waals surface area contributed by atoms with Gasteiger partial charge in [0.25, 0.3) is 0 Å². The topological polar surface area (TPSA) is 61.8 Å². The van der Waals surface area contributed by atoms with E-state index in [4.69, 9.17) is 13.9 Å². The molecule has 31 heavy (non-hydrogen) atoms. The Morgan fingerprint density at radius 3 is 2.13 bits per heavy atom. The highest BCUT2D eigenvalue weighted by Gasteiger charge is 2.45. The molecule has 0 amide bonds. The highest BCUT2D eigenvalue weighted by atomic mass is 28.4. The summed E-state index contributed by atoms with van der Waals surface area (Å²) in [5.74, 6) is -0.804. The molecule has 2 aromatic rings. The number of benzene rings is 2. The first-order chi connectivity index (χ1) is 14.3. The molecule has 6 heteroatoms. The SMILES string of the molecule is COC(=O)C[C@@](C)(CC(=O)O[C@H](C)c1cccc2ccccc12)O[Si](C)(C)C(C)(C)C. The number of hydrogen-bond donors (Lipinski definition) is 0. The average Bonchev–Trinajstić information content (AvgIpc) is 2.65. The van der Waals surface area contributed by atoms with E-state index >= 15 is 0 Å². The van der Waals surface area contributed by atoms with Gasteiger partial charge in [-0.1, -0.05) is 63.2 Å². The van der Waals surface area contributed by atoms with Gasteiger partial charge in [-0.15, -0.1) is 0 Å². The van der Waals surface area contributed by atoms with Crippen LogP contribution in [0, 0.1) is 0 Å². The molecule has 0 fully saturated rings. The van der Waals surface area contributed by atoms with Crippen LogP contribution in [0.3, 0.4) is 0 Å². The molecule has 0 unspecified atom stereocenters. The first kappa shape index (κ1) is 25.1. The second kappa shape index (κ2) is 9.53. The van der Waals surface area contributed by atoms with Gasteiger partial charge in [0.15, 0.2) is 8.32 Å². The molecule has 2 rings (SSSR count). The molecular weight excluding hydrogens is 408 g/mol. The van der Waals surface area contributed by atoms with Crippen molar-refractivity contribution >= 4 is 31.0 Å². The van der Waals surface area contributed by atoms with Gasteiger partial charge in [0.05, 0.1) is 25.6 Å². The minimum atomic E-state index is -2.24. The highest BCUT2D eigenvalue weighted by molar-refractivity contribution is 6.74. The number of carbonyl (C=O) groups excluding carboxylic acids is 2. The lowest BCUT2D eigenvalue weighted by atomic mass is 9.98.